The van der Waals surface area contributed by atoms with Gasteiger partial charge < -0.3 is 4.74 Å². The maximum absolute atomic E-state index is 13.0. The number of methoxy groups -OCH3 is 1. The van der Waals surface area contributed by atoms with Crippen LogP contribution in [0.2, 0.25) is 0 Å². The molecule has 1 aromatic carbocycles. The summed E-state index contributed by atoms with van der Waals surface area (Å²) in [7, 11) is -0.433. The molecule has 0 amide bonds. The smallest absolute Gasteiger partial charge is 0.265 e. The summed E-state index contributed by atoms with van der Waals surface area (Å²) in [5.74, 6) is 0.504. The van der Waals surface area contributed by atoms with Gasteiger partial charge in [-0.15, -0.1) is 0 Å². The molecule has 9 nitrogen and oxygen atoms in total. The number of nitrogens with one attached hydrogen (secondary N) is 1. The predicted octanol–water partition coefficient (Wildman–Crippen LogP) is 3.23. The molecule has 4 aromatic rings. The Morgan fingerprint density at radius 3 is 2.74 bits per heavy atom. The van der Waals surface area contributed by atoms with E-state index in [1.54, 1.807) is 43.4 Å². The number of hydrogen-bond donors (Lipinski definition) is 1. The van der Waals surface area contributed by atoms with Gasteiger partial charge in [0, 0.05) is 25.7 Å². The molecule has 1 N–H and O–H groups in total. The Hall–Kier alpha value is -3.24. The van der Waals surface area contributed by atoms with Crippen LogP contribution in [0.4, 0.5) is 5.69 Å². The monoisotopic (exact) mass is 440 g/mol. The van der Waals surface area contributed by atoms with Gasteiger partial charge >= 0.3 is 0 Å². The Morgan fingerprint density at radius 2 is 2.00 bits per heavy atom. The first-order chi connectivity index (χ1) is 14.8. The average molecular weight is 441 g/mol. The molecule has 4 rings (SSSR count). The van der Waals surface area contributed by atoms with Crippen LogP contribution in [0.5, 0.6) is 0 Å². The minimum atomic E-state index is -3.86. The van der Waals surface area contributed by atoms with Crippen LogP contribution in [0.1, 0.15) is 25.8 Å². The normalized spacial score (nSPS) is 13.9. The number of fused-ring (bicyclic) bond motifs is 1. The third-order valence-electron chi connectivity index (χ3n) is 5.59. The van der Waals surface area contributed by atoms with E-state index in [2.05, 4.69) is 19.9 Å². The van der Waals surface area contributed by atoms with Gasteiger partial charge in [0.15, 0.2) is 5.82 Å². The number of aromatic nitrogens is 5. The first kappa shape index (κ1) is 21.0. The van der Waals surface area contributed by atoms with E-state index in [-0.39, 0.29) is 4.90 Å². The molecule has 3 heterocycles. The van der Waals surface area contributed by atoms with Crippen molar-refractivity contribution in [3.8, 4) is 5.82 Å². The van der Waals surface area contributed by atoms with Crippen molar-refractivity contribution < 1.29 is 13.2 Å². The lowest BCUT2D eigenvalue weighted by molar-refractivity contribution is -0.00147. The number of aryl methyl sites for hydroxylation is 1. The number of benzene rings is 1. The van der Waals surface area contributed by atoms with Crippen LogP contribution >= 0.6 is 0 Å². The Kier molecular flexibility index (Phi) is 5.28. The van der Waals surface area contributed by atoms with Crippen LogP contribution < -0.4 is 4.72 Å². The molecule has 0 saturated carbocycles. The van der Waals surface area contributed by atoms with E-state index >= 15 is 0 Å². The van der Waals surface area contributed by atoms with E-state index in [4.69, 9.17) is 4.74 Å². The van der Waals surface area contributed by atoms with Crippen molar-refractivity contribution in [3.63, 3.8) is 0 Å². The van der Waals surface area contributed by atoms with Crippen LogP contribution in [0, 0.1) is 0 Å². The fourth-order valence-electron chi connectivity index (χ4n) is 3.43. The van der Waals surface area contributed by atoms with E-state index in [1.165, 1.54) is 17.1 Å². The minimum absolute atomic E-state index is 0.0314. The number of sulfonamides is 1. The van der Waals surface area contributed by atoms with Crippen molar-refractivity contribution in [2.45, 2.75) is 30.8 Å². The Morgan fingerprint density at radius 1 is 1.19 bits per heavy atom. The third-order valence-corrected chi connectivity index (χ3v) is 6.91. The summed E-state index contributed by atoms with van der Waals surface area (Å²) in [6, 6.07) is 9.09. The molecule has 31 heavy (non-hydrogen) atoms. The highest BCUT2D eigenvalue weighted by atomic mass is 32.2. The fraction of sp³-hybridized carbons (Fsp3) is 0.286. The van der Waals surface area contributed by atoms with Crippen molar-refractivity contribution >= 4 is 26.6 Å². The molecule has 0 aliphatic rings. The van der Waals surface area contributed by atoms with Crippen molar-refractivity contribution in [1.82, 2.24) is 24.5 Å². The molecule has 0 unspecified atom stereocenters. The first-order valence-electron chi connectivity index (χ1n) is 9.77. The van der Waals surface area contributed by atoms with Crippen molar-refractivity contribution in [2.75, 3.05) is 11.8 Å². The lowest BCUT2D eigenvalue weighted by atomic mass is 9.94. The second kappa shape index (κ2) is 7.78. The Bertz CT molecular complexity index is 1340. The van der Waals surface area contributed by atoms with Gasteiger partial charge in [-0.3, -0.25) is 9.40 Å². The average Bonchev–Trinajstić information content (AvgIpc) is 3.42. The topological polar surface area (TPSA) is 104 Å². The van der Waals surface area contributed by atoms with Gasteiger partial charge in [-0.2, -0.15) is 10.2 Å². The van der Waals surface area contributed by atoms with Gasteiger partial charge in [-0.1, -0.05) is 19.1 Å². The maximum Gasteiger partial charge on any atom is 0.265 e. The molecule has 1 atom stereocenters. The molecule has 0 radical (unpaired) electrons. The summed E-state index contributed by atoms with van der Waals surface area (Å²) in [5, 5.41) is 9.25. The molecule has 3 aromatic heterocycles. The van der Waals surface area contributed by atoms with Gasteiger partial charge in [-0.25, -0.2) is 18.1 Å². The number of anilines is 1. The lowest BCUT2D eigenvalue weighted by Gasteiger charge is -2.27. The number of nitrogens with zero attached hydrogens (tertiary/aromatic N) is 5. The number of pyridine rings is 1. The molecule has 10 heteroatoms. The largest absolute Gasteiger partial charge is 0.374 e. The van der Waals surface area contributed by atoms with E-state index in [0.717, 1.165) is 17.4 Å². The van der Waals surface area contributed by atoms with Crippen molar-refractivity contribution in [2.24, 2.45) is 7.05 Å². The van der Waals surface area contributed by atoms with Crippen molar-refractivity contribution in [1.29, 1.82) is 0 Å². The highest BCUT2D eigenvalue weighted by Gasteiger charge is 2.25. The van der Waals surface area contributed by atoms with Crippen LogP contribution in [-0.2, 0) is 27.4 Å². The summed E-state index contributed by atoms with van der Waals surface area (Å²) in [6.07, 6.45) is 6.86. The van der Waals surface area contributed by atoms with E-state index in [9.17, 15) is 8.42 Å². The van der Waals surface area contributed by atoms with E-state index in [0.29, 0.717) is 17.0 Å². The lowest BCUT2D eigenvalue weighted by Crippen LogP contribution is -2.23. The van der Waals surface area contributed by atoms with E-state index < -0.39 is 15.6 Å². The van der Waals surface area contributed by atoms with Crippen LogP contribution in [-0.4, -0.2) is 40.1 Å². The summed E-state index contributed by atoms with van der Waals surface area (Å²) in [5.41, 5.74) is 1.61. The van der Waals surface area contributed by atoms with Crippen molar-refractivity contribution in [3.05, 3.63) is 60.7 Å². The highest BCUT2D eigenvalue weighted by Crippen LogP contribution is 2.29. The van der Waals surface area contributed by atoms with Gasteiger partial charge in [0.1, 0.15) is 4.90 Å². The number of para-hydroxylation sites is 1. The van der Waals surface area contributed by atoms with Crippen LogP contribution in [0.25, 0.3) is 16.7 Å². The molecule has 0 saturated heterocycles. The molecule has 0 spiro atoms. The molecule has 162 valence electrons. The molecular formula is C21H24N6O3S. The maximum atomic E-state index is 13.0. The summed E-state index contributed by atoms with van der Waals surface area (Å²) in [4.78, 5) is 4.37. The van der Waals surface area contributed by atoms with E-state index in [1.807, 2.05) is 32.0 Å². The molecule has 0 fully saturated rings. The zero-order chi connectivity index (χ0) is 22.2. The zero-order valence-electron chi connectivity index (χ0n) is 17.8. The molecule has 0 aliphatic heterocycles. The minimum Gasteiger partial charge on any atom is -0.374 e. The number of rotatable bonds is 7. The van der Waals surface area contributed by atoms with Gasteiger partial charge in [0.25, 0.3) is 10.0 Å². The molecule has 0 bridgehead atoms. The fourth-order valence-corrected chi connectivity index (χ4v) is 4.43. The highest BCUT2D eigenvalue weighted by molar-refractivity contribution is 7.92. The van der Waals surface area contributed by atoms with Crippen LogP contribution in [0.3, 0.4) is 0 Å². The summed E-state index contributed by atoms with van der Waals surface area (Å²) >= 11 is 0. The summed E-state index contributed by atoms with van der Waals surface area (Å²) in [6.45, 7) is 4.03. The second-order valence-electron chi connectivity index (χ2n) is 7.43. The third kappa shape index (κ3) is 3.79. The first-order valence-corrected chi connectivity index (χ1v) is 11.3. The Balaban J connectivity index is 1.66. The SMILES string of the molecule is CC[C@](C)(OC)c1ccnc(-n2cc(S(=O)(=O)Nc3cccc4cnn(C)c34)cn2)c1. The second-order valence-corrected chi connectivity index (χ2v) is 9.11. The molecule has 0 aliphatic carbocycles. The quantitative estimate of drug-likeness (QED) is 0.473. The standard InChI is InChI=1S/C21H24N6O3S/c1-5-21(2,30-4)16-9-10-22-19(11-16)27-14-17(13-24-27)31(28,29)25-18-8-6-7-15-12-23-26(3)20(15)18/h6-14,25H,5H2,1-4H3/t21-/m0/s1. The Labute approximate surface area is 180 Å². The predicted molar refractivity (Wildman–Crippen MR) is 118 cm³/mol. The number of hydrogen-bond acceptors (Lipinski definition) is 6. The summed E-state index contributed by atoms with van der Waals surface area (Å²) < 4.78 is 37.4. The number of ether oxygens (including phenoxy) is 1. The van der Waals surface area contributed by atoms with Crippen LogP contribution in [0.15, 0.2) is 60.0 Å². The van der Waals surface area contributed by atoms with Gasteiger partial charge in [0.2, 0.25) is 0 Å². The molecular weight excluding hydrogens is 416 g/mol. The zero-order valence-corrected chi connectivity index (χ0v) is 18.6. The van der Waals surface area contributed by atoms with Gasteiger partial charge in [0.05, 0.1) is 35.4 Å². The van der Waals surface area contributed by atoms with Gasteiger partial charge in [-0.05, 0) is 37.1 Å².